The van der Waals surface area contributed by atoms with Crippen LogP contribution in [0.3, 0.4) is 0 Å². The van der Waals surface area contributed by atoms with Crippen molar-refractivity contribution in [2.24, 2.45) is 0 Å². The third-order valence-electron chi connectivity index (χ3n) is 5.81. The third-order valence-corrected chi connectivity index (χ3v) is 6.31. The molecule has 0 aromatic heterocycles. The fourth-order valence-corrected chi connectivity index (χ4v) is 4.41. The first kappa shape index (κ1) is 22.4. The number of amides is 1. The average Bonchev–Trinajstić information content (AvgIpc) is 2.82. The number of hydrogen-bond donors (Lipinski definition) is 1. The highest BCUT2D eigenvalue weighted by Crippen LogP contribution is 2.33. The third kappa shape index (κ3) is 5.31. The molecule has 0 fully saturated rings. The van der Waals surface area contributed by atoms with Crippen molar-refractivity contribution in [3.8, 4) is 11.5 Å². The molecule has 5 nitrogen and oxygen atoms in total. The molecular weight excluding hydrogens is 468 g/mol. The van der Waals surface area contributed by atoms with Gasteiger partial charge in [-0.05, 0) is 72.0 Å². The standard InChI is InChI=1S/C26H27BrN2O3/c1-31-24-15-19-11-13-29(17-21(19)16-25(24)32-2)12-10-18-6-8-23(9-7-18)28-26(30)20-4-3-5-22(27)14-20/h3-9,14-16H,10-13,17H2,1-2H3,(H,28,30). The van der Waals surface area contributed by atoms with Crippen LogP contribution in [0.2, 0.25) is 0 Å². The second-order valence-electron chi connectivity index (χ2n) is 7.91. The number of carbonyl (C=O) groups excluding carboxylic acids is 1. The van der Waals surface area contributed by atoms with Crippen molar-refractivity contribution in [3.63, 3.8) is 0 Å². The van der Waals surface area contributed by atoms with E-state index in [0.29, 0.717) is 5.56 Å². The quantitative estimate of drug-likeness (QED) is 0.482. The molecule has 0 atom stereocenters. The highest BCUT2D eigenvalue weighted by Gasteiger charge is 2.19. The van der Waals surface area contributed by atoms with E-state index >= 15 is 0 Å². The number of hydrogen-bond acceptors (Lipinski definition) is 4. The predicted octanol–water partition coefficient (Wildman–Crippen LogP) is 5.32. The molecule has 0 unspecified atom stereocenters. The largest absolute Gasteiger partial charge is 0.493 e. The minimum atomic E-state index is -0.113. The Morgan fingerprint density at radius 3 is 2.41 bits per heavy atom. The van der Waals surface area contributed by atoms with Gasteiger partial charge in [0.15, 0.2) is 11.5 Å². The summed E-state index contributed by atoms with van der Waals surface area (Å²) >= 11 is 3.40. The lowest BCUT2D eigenvalue weighted by molar-refractivity contribution is 0.102. The zero-order valence-electron chi connectivity index (χ0n) is 18.4. The monoisotopic (exact) mass is 494 g/mol. The number of halogens is 1. The Kier molecular flexibility index (Phi) is 7.12. The molecule has 1 aliphatic heterocycles. The molecule has 0 radical (unpaired) electrons. The summed E-state index contributed by atoms with van der Waals surface area (Å²) in [5, 5.41) is 2.96. The van der Waals surface area contributed by atoms with Gasteiger partial charge in [0.2, 0.25) is 0 Å². The summed E-state index contributed by atoms with van der Waals surface area (Å²) in [6, 6.07) is 19.7. The molecule has 3 aromatic rings. The van der Waals surface area contributed by atoms with Crippen LogP contribution in [-0.4, -0.2) is 38.1 Å². The van der Waals surface area contributed by atoms with Gasteiger partial charge in [-0.1, -0.05) is 34.1 Å². The van der Waals surface area contributed by atoms with E-state index in [0.717, 1.165) is 54.1 Å². The minimum Gasteiger partial charge on any atom is -0.493 e. The van der Waals surface area contributed by atoms with Gasteiger partial charge in [0.1, 0.15) is 0 Å². The Morgan fingerprint density at radius 1 is 1.00 bits per heavy atom. The van der Waals surface area contributed by atoms with Crippen LogP contribution in [0.25, 0.3) is 0 Å². The Hall–Kier alpha value is -2.83. The van der Waals surface area contributed by atoms with Gasteiger partial charge in [0.05, 0.1) is 14.2 Å². The van der Waals surface area contributed by atoms with Crippen molar-refractivity contribution in [1.82, 2.24) is 4.90 Å². The molecule has 1 N–H and O–H groups in total. The van der Waals surface area contributed by atoms with Crippen LogP contribution in [0.15, 0.2) is 65.1 Å². The molecule has 6 heteroatoms. The van der Waals surface area contributed by atoms with E-state index in [-0.39, 0.29) is 5.91 Å². The molecule has 1 heterocycles. The van der Waals surface area contributed by atoms with Crippen LogP contribution >= 0.6 is 15.9 Å². The maximum atomic E-state index is 12.4. The van der Waals surface area contributed by atoms with E-state index in [9.17, 15) is 4.79 Å². The van der Waals surface area contributed by atoms with Crippen molar-refractivity contribution in [1.29, 1.82) is 0 Å². The molecule has 32 heavy (non-hydrogen) atoms. The number of nitrogens with zero attached hydrogens (tertiary/aromatic N) is 1. The molecular formula is C26H27BrN2O3. The first-order valence-electron chi connectivity index (χ1n) is 10.7. The smallest absolute Gasteiger partial charge is 0.255 e. The van der Waals surface area contributed by atoms with E-state index in [4.69, 9.17) is 9.47 Å². The number of anilines is 1. The molecule has 0 bridgehead atoms. The van der Waals surface area contributed by atoms with Gasteiger partial charge in [-0.15, -0.1) is 0 Å². The first-order chi connectivity index (χ1) is 15.6. The lowest BCUT2D eigenvalue weighted by atomic mass is 9.98. The van der Waals surface area contributed by atoms with E-state index in [1.54, 1.807) is 20.3 Å². The van der Waals surface area contributed by atoms with Crippen molar-refractivity contribution < 1.29 is 14.3 Å². The number of methoxy groups -OCH3 is 2. The Labute approximate surface area is 197 Å². The van der Waals surface area contributed by atoms with Crippen molar-refractivity contribution in [2.45, 2.75) is 19.4 Å². The van der Waals surface area contributed by atoms with Crippen LogP contribution < -0.4 is 14.8 Å². The van der Waals surface area contributed by atoms with Gasteiger partial charge in [-0.2, -0.15) is 0 Å². The number of fused-ring (bicyclic) bond motifs is 1. The van der Waals surface area contributed by atoms with Crippen LogP contribution in [0.1, 0.15) is 27.0 Å². The minimum absolute atomic E-state index is 0.113. The first-order valence-corrected chi connectivity index (χ1v) is 11.5. The molecule has 4 rings (SSSR count). The van der Waals surface area contributed by atoms with Crippen LogP contribution in [0.5, 0.6) is 11.5 Å². The van der Waals surface area contributed by atoms with Gasteiger partial charge < -0.3 is 14.8 Å². The lowest BCUT2D eigenvalue weighted by Gasteiger charge is -2.29. The molecule has 1 aliphatic rings. The van der Waals surface area contributed by atoms with Crippen LogP contribution in [0, 0.1) is 0 Å². The van der Waals surface area contributed by atoms with E-state index in [2.05, 4.69) is 50.4 Å². The van der Waals surface area contributed by atoms with E-state index in [1.165, 1.54) is 16.7 Å². The van der Waals surface area contributed by atoms with Crippen LogP contribution in [0.4, 0.5) is 5.69 Å². The van der Waals surface area contributed by atoms with Crippen molar-refractivity contribution in [2.75, 3.05) is 32.6 Å². The van der Waals surface area contributed by atoms with E-state index in [1.807, 2.05) is 30.3 Å². The SMILES string of the molecule is COc1cc2c(cc1OC)CN(CCc1ccc(NC(=O)c3cccc(Br)c3)cc1)CC2. The lowest BCUT2D eigenvalue weighted by Crippen LogP contribution is -2.32. The Balaban J connectivity index is 1.32. The zero-order valence-corrected chi connectivity index (χ0v) is 19.9. The van der Waals surface area contributed by atoms with Crippen molar-refractivity contribution >= 4 is 27.5 Å². The summed E-state index contributed by atoms with van der Waals surface area (Å²) in [5.41, 5.74) is 5.32. The predicted molar refractivity (Wildman–Crippen MR) is 131 cm³/mol. The second-order valence-corrected chi connectivity index (χ2v) is 8.83. The highest BCUT2D eigenvalue weighted by molar-refractivity contribution is 9.10. The van der Waals surface area contributed by atoms with Crippen LogP contribution in [-0.2, 0) is 19.4 Å². The Morgan fingerprint density at radius 2 is 1.72 bits per heavy atom. The fourth-order valence-electron chi connectivity index (χ4n) is 4.01. The maximum Gasteiger partial charge on any atom is 0.255 e. The van der Waals surface area contributed by atoms with Gasteiger partial charge in [-0.25, -0.2) is 0 Å². The molecule has 0 saturated heterocycles. The topological polar surface area (TPSA) is 50.8 Å². The molecule has 0 saturated carbocycles. The van der Waals surface area contributed by atoms with Gasteiger partial charge in [0.25, 0.3) is 5.91 Å². The molecule has 0 aliphatic carbocycles. The number of carbonyl (C=O) groups is 1. The average molecular weight is 495 g/mol. The zero-order chi connectivity index (χ0) is 22.5. The van der Waals surface area contributed by atoms with Gasteiger partial charge in [0, 0.05) is 35.4 Å². The van der Waals surface area contributed by atoms with Gasteiger partial charge in [-0.3, -0.25) is 9.69 Å². The summed E-state index contributed by atoms with van der Waals surface area (Å²) in [5.74, 6) is 1.47. The summed E-state index contributed by atoms with van der Waals surface area (Å²) in [4.78, 5) is 14.9. The Bertz CT molecular complexity index is 1100. The molecule has 3 aromatic carbocycles. The highest BCUT2D eigenvalue weighted by atomic mass is 79.9. The van der Waals surface area contributed by atoms with Crippen molar-refractivity contribution in [3.05, 3.63) is 87.4 Å². The summed E-state index contributed by atoms with van der Waals surface area (Å²) in [6.07, 6.45) is 1.97. The number of nitrogens with one attached hydrogen (secondary N) is 1. The number of ether oxygens (including phenoxy) is 2. The fraction of sp³-hybridized carbons (Fsp3) is 0.269. The van der Waals surface area contributed by atoms with E-state index < -0.39 is 0 Å². The maximum absolute atomic E-state index is 12.4. The van der Waals surface area contributed by atoms with Gasteiger partial charge >= 0.3 is 0 Å². The summed E-state index contributed by atoms with van der Waals surface area (Å²) in [6.45, 7) is 2.93. The number of benzene rings is 3. The summed E-state index contributed by atoms with van der Waals surface area (Å²) in [7, 11) is 3.35. The molecule has 1 amide bonds. The molecule has 0 spiro atoms. The molecule has 166 valence electrons. The number of rotatable bonds is 7. The summed E-state index contributed by atoms with van der Waals surface area (Å²) < 4.78 is 11.8. The normalized spacial score (nSPS) is 13.3. The second kappa shape index (κ2) is 10.2.